The summed E-state index contributed by atoms with van der Waals surface area (Å²) in [5.41, 5.74) is -0.123. The Labute approximate surface area is 159 Å². The summed E-state index contributed by atoms with van der Waals surface area (Å²) < 4.78 is 31.8. The molecule has 0 unspecified atom stereocenters. The van der Waals surface area contributed by atoms with Crippen LogP contribution in [0.25, 0.3) is 0 Å². The van der Waals surface area contributed by atoms with Gasteiger partial charge in [-0.15, -0.1) is 0 Å². The number of nitrogens with one attached hydrogen (secondary N) is 1. The summed E-state index contributed by atoms with van der Waals surface area (Å²) in [6.45, 7) is 6.62. The molecule has 1 rings (SSSR count). The molecular formula is C17H26ClNO4S2. The second kappa shape index (κ2) is 10.4. The zero-order valence-electron chi connectivity index (χ0n) is 14.9. The van der Waals surface area contributed by atoms with Gasteiger partial charge in [0.25, 0.3) is 0 Å². The fourth-order valence-corrected chi connectivity index (χ4v) is 4.52. The van der Waals surface area contributed by atoms with Crippen LogP contribution in [0.15, 0.2) is 29.2 Å². The Morgan fingerprint density at radius 3 is 2.48 bits per heavy atom. The third-order valence-corrected chi connectivity index (χ3v) is 6.23. The molecule has 0 fully saturated rings. The van der Waals surface area contributed by atoms with Crippen LogP contribution in [0.4, 0.5) is 0 Å². The maximum atomic E-state index is 12.1. The van der Waals surface area contributed by atoms with Crippen LogP contribution in [0.3, 0.4) is 0 Å². The molecule has 0 aromatic heterocycles. The van der Waals surface area contributed by atoms with Gasteiger partial charge in [0, 0.05) is 17.3 Å². The first-order valence-electron chi connectivity index (χ1n) is 8.15. The van der Waals surface area contributed by atoms with Crippen LogP contribution in [-0.2, 0) is 19.6 Å². The molecule has 0 aliphatic carbocycles. The molecule has 0 aliphatic heterocycles. The first-order valence-corrected chi connectivity index (χ1v) is 11.2. The Bertz CT molecular complexity index is 645. The van der Waals surface area contributed by atoms with Crippen LogP contribution in [0.5, 0.6) is 0 Å². The summed E-state index contributed by atoms with van der Waals surface area (Å²) in [6.07, 6.45) is 1.25. The van der Waals surface area contributed by atoms with E-state index < -0.39 is 10.0 Å². The minimum Gasteiger partial charge on any atom is -0.466 e. The highest BCUT2D eigenvalue weighted by Gasteiger charge is 2.22. The molecule has 0 saturated heterocycles. The Morgan fingerprint density at radius 1 is 1.24 bits per heavy atom. The van der Waals surface area contributed by atoms with Crippen molar-refractivity contribution in [2.75, 3.05) is 24.7 Å². The Hall–Kier alpha value is -0.760. The molecule has 0 atom stereocenters. The number of carbonyl (C=O) groups excluding carboxylic acids is 1. The van der Waals surface area contributed by atoms with Gasteiger partial charge in [0.1, 0.15) is 0 Å². The highest BCUT2D eigenvalue weighted by Crippen LogP contribution is 2.27. The lowest BCUT2D eigenvalue weighted by Crippen LogP contribution is -2.26. The van der Waals surface area contributed by atoms with E-state index in [1.165, 1.54) is 12.1 Å². The second-order valence-electron chi connectivity index (χ2n) is 6.36. The Kier molecular flexibility index (Phi) is 9.27. The highest BCUT2D eigenvalue weighted by atomic mass is 35.5. The molecule has 0 amide bonds. The standard InChI is InChI=1S/C17H26ClNO4S2/c1-4-23-16(20)13-17(2,3)9-11-24-12-10-19-25(21,22)15-7-5-14(18)6-8-15/h5-8,19H,4,9-13H2,1-3H3. The van der Waals surface area contributed by atoms with Gasteiger partial charge in [-0.25, -0.2) is 13.1 Å². The third kappa shape index (κ3) is 8.94. The topological polar surface area (TPSA) is 72.5 Å². The van der Waals surface area contributed by atoms with E-state index >= 15 is 0 Å². The highest BCUT2D eigenvalue weighted by molar-refractivity contribution is 7.99. The number of hydrogen-bond acceptors (Lipinski definition) is 5. The smallest absolute Gasteiger partial charge is 0.306 e. The molecule has 5 nitrogen and oxygen atoms in total. The zero-order valence-corrected chi connectivity index (χ0v) is 17.3. The predicted molar refractivity (Wildman–Crippen MR) is 104 cm³/mol. The van der Waals surface area contributed by atoms with E-state index in [9.17, 15) is 13.2 Å². The fraction of sp³-hybridized carbons (Fsp3) is 0.588. The average molecular weight is 408 g/mol. The number of hydrogen-bond donors (Lipinski definition) is 1. The average Bonchev–Trinajstić information content (AvgIpc) is 2.50. The SMILES string of the molecule is CCOC(=O)CC(C)(C)CCSCCNS(=O)(=O)c1ccc(Cl)cc1. The van der Waals surface area contributed by atoms with Crippen molar-refractivity contribution in [3.05, 3.63) is 29.3 Å². The van der Waals surface area contributed by atoms with Gasteiger partial charge in [0.2, 0.25) is 10.0 Å². The molecular weight excluding hydrogens is 382 g/mol. The van der Waals surface area contributed by atoms with Crippen molar-refractivity contribution in [2.24, 2.45) is 5.41 Å². The van der Waals surface area contributed by atoms with Gasteiger partial charge in [0.05, 0.1) is 17.9 Å². The lowest BCUT2D eigenvalue weighted by atomic mass is 9.86. The first-order chi connectivity index (χ1) is 11.7. The minimum atomic E-state index is -3.50. The van der Waals surface area contributed by atoms with Crippen LogP contribution in [0.1, 0.15) is 33.6 Å². The number of esters is 1. The summed E-state index contributed by atoms with van der Waals surface area (Å²) in [4.78, 5) is 11.8. The van der Waals surface area contributed by atoms with Gasteiger partial charge < -0.3 is 4.74 Å². The number of ether oxygens (including phenoxy) is 1. The van der Waals surface area contributed by atoms with Crippen LogP contribution >= 0.6 is 23.4 Å². The monoisotopic (exact) mass is 407 g/mol. The predicted octanol–water partition coefficient (Wildman–Crippen LogP) is 3.72. The summed E-state index contributed by atoms with van der Waals surface area (Å²) >= 11 is 7.42. The van der Waals surface area contributed by atoms with E-state index in [-0.39, 0.29) is 16.3 Å². The quantitative estimate of drug-likeness (QED) is 0.447. The van der Waals surface area contributed by atoms with Crippen molar-refractivity contribution in [1.29, 1.82) is 0 Å². The van der Waals surface area contributed by atoms with Crippen LogP contribution in [0.2, 0.25) is 5.02 Å². The molecule has 142 valence electrons. The summed E-state index contributed by atoms with van der Waals surface area (Å²) in [6, 6.07) is 6.07. The number of benzene rings is 1. The molecule has 0 heterocycles. The van der Waals surface area contributed by atoms with Crippen molar-refractivity contribution in [2.45, 2.75) is 38.5 Å². The fourth-order valence-electron chi connectivity index (χ4n) is 2.09. The van der Waals surface area contributed by atoms with E-state index in [1.807, 2.05) is 13.8 Å². The Balaban J connectivity index is 2.27. The molecule has 0 saturated carbocycles. The van der Waals surface area contributed by atoms with E-state index in [1.54, 1.807) is 30.8 Å². The molecule has 1 N–H and O–H groups in total. The third-order valence-electron chi connectivity index (χ3n) is 3.51. The van der Waals surface area contributed by atoms with E-state index in [0.717, 1.165) is 12.2 Å². The maximum Gasteiger partial charge on any atom is 0.306 e. The number of sulfonamides is 1. The normalized spacial score (nSPS) is 12.2. The lowest BCUT2D eigenvalue weighted by molar-refractivity contribution is -0.145. The van der Waals surface area contributed by atoms with E-state index in [4.69, 9.17) is 16.3 Å². The summed E-state index contributed by atoms with van der Waals surface area (Å²) in [5, 5.41) is 0.500. The summed E-state index contributed by atoms with van der Waals surface area (Å²) in [5.74, 6) is 1.35. The minimum absolute atomic E-state index is 0.123. The largest absolute Gasteiger partial charge is 0.466 e. The van der Waals surface area contributed by atoms with Gasteiger partial charge >= 0.3 is 5.97 Å². The van der Waals surface area contributed by atoms with Gasteiger partial charge in [-0.05, 0) is 48.8 Å². The van der Waals surface area contributed by atoms with Gasteiger partial charge in [0.15, 0.2) is 0 Å². The number of rotatable bonds is 11. The van der Waals surface area contributed by atoms with Gasteiger partial charge in [-0.3, -0.25) is 4.79 Å². The van der Waals surface area contributed by atoms with Crippen LogP contribution < -0.4 is 4.72 Å². The molecule has 0 radical (unpaired) electrons. The van der Waals surface area contributed by atoms with Gasteiger partial charge in [-0.2, -0.15) is 11.8 Å². The number of carbonyl (C=O) groups is 1. The second-order valence-corrected chi connectivity index (χ2v) is 9.79. The van der Waals surface area contributed by atoms with Crippen LogP contribution in [0, 0.1) is 5.41 Å². The molecule has 0 aliphatic rings. The molecule has 1 aromatic rings. The number of thioether (sulfide) groups is 1. The molecule has 0 spiro atoms. The van der Waals surface area contributed by atoms with Crippen molar-refractivity contribution in [3.8, 4) is 0 Å². The molecule has 0 bridgehead atoms. The lowest BCUT2D eigenvalue weighted by Gasteiger charge is -2.23. The van der Waals surface area contributed by atoms with Crippen molar-refractivity contribution in [1.82, 2.24) is 4.72 Å². The van der Waals surface area contributed by atoms with Crippen molar-refractivity contribution >= 4 is 39.4 Å². The molecule has 25 heavy (non-hydrogen) atoms. The van der Waals surface area contributed by atoms with Crippen LogP contribution in [-0.4, -0.2) is 39.0 Å². The van der Waals surface area contributed by atoms with E-state index in [0.29, 0.717) is 30.3 Å². The first kappa shape index (κ1) is 22.3. The van der Waals surface area contributed by atoms with Crippen molar-refractivity contribution < 1.29 is 17.9 Å². The molecule has 8 heteroatoms. The zero-order chi connectivity index (χ0) is 18.9. The number of halogens is 1. The maximum absolute atomic E-state index is 12.1. The van der Waals surface area contributed by atoms with Gasteiger partial charge in [-0.1, -0.05) is 25.4 Å². The summed E-state index contributed by atoms with van der Waals surface area (Å²) in [7, 11) is -3.50. The van der Waals surface area contributed by atoms with Crippen molar-refractivity contribution in [3.63, 3.8) is 0 Å². The van der Waals surface area contributed by atoms with E-state index in [2.05, 4.69) is 4.72 Å². The Morgan fingerprint density at radius 2 is 1.88 bits per heavy atom. The molecule has 1 aromatic carbocycles.